The summed E-state index contributed by atoms with van der Waals surface area (Å²) in [4.78, 5) is 24.7. The number of allylic oxidation sites excluding steroid dienone is 2. The second-order valence-electron chi connectivity index (χ2n) is 4.76. The lowest BCUT2D eigenvalue weighted by Gasteiger charge is -2.26. The lowest BCUT2D eigenvalue weighted by atomic mass is 9.89. The fourth-order valence-corrected chi connectivity index (χ4v) is 3.38. The van der Waals surface area contributed by atoms with Crippen molar-refractivity contribution in [3.63, 3.8) is 0 Å². The Kier molecular flexibility index (Phi) is 4.88. The summed E-state index contributed by atoms with van der Waals surface area (Å²) >= 11 is 1.86. The van der Waals surface area contributed by atoms with Crippen molar-refractivity contribution in [3.8, 4) is 0 Å². The van der Waals surface area contributed by atoms with Gasteiger partial charge in [-0.2, -0.15) is 11.8 Å². The van der Waals surface area contributed by atoms with E-state index >= 15 is 0 Å². The Hall–Kier alpha value is -1.27. The number of nitrogens with one attached hydrogen (secondary N) is 1. The quantitative estimate of drug-likeness (QED) is 0.783. The van der Waals surface area contributed by atoms with Crippen LogP contribution >= 0.6 is 11.8 Å². The molecule has 1 aliphatic heterocycles. The Morgan fingerprint density at radius 3 is 2.40 bits per heavy atom. The highest BCUT2D eigenvalue weighted by Gasteiger charge is 2.35. The summed E-state index contributed by atoms with van der Waals surface area (Å²) in [6.45, 7) is 2.61. The predicted octanol–water partition coefficient (Wildman–Crippen LogP) is 1.05. The number of ether oxygens (including phenoxy) is 2. The molecule has 0 radical (unpaired) electrons. The third-order valence-electron chi connectivity index (χ3n) is 3.54. The zero-order valence-corrected chi connectivity index (χ0v) is 12.8. The molecule has 0 spiro atoms. The van der Waals surface area contributed by atoms with Crippen LogP contribution in [0.2, 0.25) is 0 Å². The molecule has 1 atom stereocenters. The first-order chi connectivity index (χ1) is 9.60. The van der Waals surface area contributed by atoms with Crippen LogP contribution in [-0.4, -0.2) is 49.9 Å². The van der Waals surface area contributed by atoms with Crippen LogP contribution in [0.5, 0.6) is 0 Å². The molecule has 20 heavy (non-hydrogen) atoms. The summed E-state index contributed by atoms with van der Waals surface area (Å²) in [5, 5.41) is 3.37. The Labute approximate surface area is 122 Å². The van der Waals surface area contributed by atoms with Crippen molar-refractivity contribution in [1.82, 2.24) is 5.32 Å². The van der Waals surface area contributed by atoms with E-state index in [9.17, 15) is 9.59 Å². The maximum absolute atomic E-state index is 12.4. The average molecular weight is 297 g/mol. The van der Waals surface area contributed by atoms with E-state index in [0.29, 0.717) is 17.6 Å². The normalized spacial score (nSPS) is 24.2. The van der Waals surface area contributed by atoms with Gasteiger partial charge in [-0.25, -0.2) is 0 Å². The van der Waals surface area contributed by atoms with Crippen LogP contribution in [0, 0.1) is 0 Å². The van der Waals surface area contributed by atoms with E-state index < -0.39 is 0 Å². The van der Waals surface area contributed by atoms with E-state index in [-0.39, 0.29) is 29.1 Å². The molecule has 2 rings (SSSR count). The maximum Gasteiger partial charge on any atom is 0.228 e. The average Bonchev–Trinajstić information content (AvgIpc) is 2.48. The van der Waals surface area contributed by atoms with Crippen LogP contribution in [0.1, 0.15) is 13.3 Å². The number of carbonyl (C=O) groups excluding carboxylic acids is 2. The monoisotopic (exact) mass is 297 g/mol. The first-order valence-electron chi connectivity index (χ1n) is 6.52. The Morgan fingerprint density at radius 2 is 1.85 bits per heavy atom. The van der Waals surface area contributed by atoms with Gasteiger partial charge >= 0.3 is 0 Å². The van der Waals surface area contributed by atoms with Crippen molar-refractivity contribution in [2.45, 2.75) is 19.4 Å². The molecule has 1 aliphatic carbocycles. The number of rotatable bonds is 4. The van der Waals surface area contributed by atoms with Gasteiger partial charge in [-0.05, 0) is 13.3 Å². The summed E-state index contributed by atoms with van der Waals surface area (Å²) in [5.74, 6) is 1.55. The van der Waals surface area contributed by atoms with Crippen molar-refractivity contribution in [2.24, 2.45) is 0 Å². The molecular weight excluding hydrogens is 278 g/mol. The van der Waals surface area contributed by atoms with Crippen LogP contribution in [0.4, 0.5) is 0 Å². The van der Waals surface area contributed by atoms with Gasteiger partial charge in [-0.1, -0.05) is 0 Å². The van der Waals surface area contributed by atoms with Gasteiger partial charge in [0, 0.05) is 35.2 Å². The van der Waals surface area contributed by atoms with Gasteiger partial charge in [-0.3, -0.25) is 9.59 Å². The van der Waals surface area contributed by atoms with Crippen LogP contribution in [0.15, 0.2) is 22.7 Å². The topological polar surface area (TPSA) is 64.6 Å². The minimum absolute atomic E-state index is 0.00438. The minimum atomic E-state index is -0.262. The van der Waals surface area contributed by atoms with E-state index in [0.717, 1.165) is 18.1 Å². The molecular formula is C14H19NO4S. The van der Waals surface area contributed by atoms with Crippen LogP contribution in [-0.2, 0) is 19.1 Å². The van der Waals surface area contributed by atoms with Gasteiger partial charge in [0.05, 0.1) is 14.2 Å². The molecule has 0 bridgehead atoms. The largest absolute Gasteiger partial charge is 0.489 e. The minimum Gasteiger partial charge on any atom is -0.489 e. The van der Waals surface area contributed by atoms with Crippen molar-refractivity contribution in [3.05, 3.63) is 22.7 Å². The van der Waals surface area contributed by atoms with Crippen molar-refractivity contribution in [1.29, 1.82) is 0 Å². The Balaban J connectivity index is 2.26. The molecule has 1 fully saturated rings. The molecule has 6 heteroatoms. The zero-order valence-electron chi connectivity index (χ0n) is 11.9. The van der Waals surface area contributed by atoms with Gasteiger partial charge in [0.1, 0.15) is 0 Å². The molecule has 1 N–H and O–H groups in total. The smallest absolute Gasteiger partial charge is 0.228 e. The van der Waals surface area contributed by atoms with Gasteiger partial charge in [0.2, 0.25) is 23.1 Å². The zero-order chi connectivity index (χ0) is 14.7. The van der Waals surface area contributed by atoms with Crippen LogP contribution < -0.4 is 5.32 Å². The lowest BCUT2D eigenvalue weighted by Crippen LogP contribution is -2.39. The van der Waals surface area contributed by atoms with Gasteiger partial charge in [-0.15, -0.1) is 0 Å². The van der Waals surface area contributed by atoms with Gasteiger partial charge in [0.25, 0.3) is 0 Å². The van der Waals surface area contributed by atoms with E-state index in [2.05, 4.69) is 5.32 Å². The molecule has 0 amide bonds. The lowest BCUT2D eigenvalue weighted by molar-refractivity contribution is -0.121. The number of hydrogen-bond donors (Lipinski definition) is 1. The molecule has 2 aliphatic rings. The Morgan fingerprint density at radius 1 is 1.20 bits per heavy atom. The summed E-state index contributed by atoms with van der Waals surface area (Å²) < 4.78 is 10.1. The number of hydrogen-bond acceptors (Lipinski definition) is 6. The van der Waals surface area contributed by atoms with Crippen molar-refractivity contribution < 1.29 is 19.1 Å². The third kappa shape index (κ3) is 2.76. The number of carbonyl (C=O) groups is 2. The first kappa shape index (κ1) is 15.1. The molecule has 0 aromatic rings. The third-order valence-corrected chi connectivity index (χ3v) is 4.67. The second-order valence-corrected chi connectivity index (χ2v) is 5.91. The van der Waals surface area contributed by atoms with Crippen molar-refractivity contribution in [2.75, 3.05) is 32.3 Å². The number of methoxy groups -OCH3 is 2. The second kappa shape index (κ2) is 6.45. The van der Waals surface area contributed by atoms with E-state index in [1.807, 2.05) is 11.8 Å². The molecule has 5 nitrogen and oxygen atoms in total. The fourth-order valence-electron chi connectivity index (χ4n) is 2.43. The van der Waals surface area contributed by atoms with E-state index in [1.165, 1.54) is 14.2 Å². The summed E-state index contributed by atoms with van der Waals surface area (Å²) in [6.07, 6.45) is 0.549. The first-order valence-corrected chi connectivity index (χ1v) is 7.68. The molecule has 1 unspecified atom stereocenters. The van der Waals surface area contributed by atoms with Crippen LogP contribution in [0.3, 0.4) is 0 Å². The summed E-state index contributed by atoms with van der Waals surface area (Å²) in [5.41, 5.74) is 0.998. The molecule has 0 saturated carbocycles. The predicted molar refractivity (Wildman–Crippen MR) is 77.5 cm³/mol. The summed E-state index contributed by atoms with van der Waals surface area (Å²) in [6, 6.07) is 0.220. The fraction of sp³-hybridized carbons (Fsp3) is 0.571. The number of Topliss-reactive ketones (excluding diaryl/α,β-unsaturated/α-hetero) is 2. The molecule has 0 aromatic heterocycles. The Bertz CT molecular complexity index is 489. The molecule has 1 saturated heterocycles. The SMILES string of the molecule is COC1=C(OC)C(=O)C(CC2CSCCN2)=C(C)C1=O. The highest BCUT2D eigenvalue weighted by Crippen LogP contribution is 2.29. The number of thioether (sulfide) groups is 1. The van der Waals surface area contributed by atoms with Crippen molar-refractivity contribution >= 4 is 23.3 Å². The van der Waals surface area contributed by atoms with Crippen LogP contribution in [0.25, 0.3) is 0 Å². The molecule has 0 aromatic carbocycles. The van der Waals surface area contributed by atoms with E-state index in [4.69, 9.17) is 9.47 Å². The van der Waals surface area contributed by atoms with Gasteiger partial charge < -0.3 is 14.8 Å². The molecule has 110 valence electrons. The highest BCUT2D eigenvalue weighted by atomic mass is 32.2. The summed E-state index contributed by atoms with van der Waals surface area (Å²) in [7, 11) is 2.75. The standard InChI is InChI=1S/C14H19NO4S/c1-8-10(6-9-7-20-5-4-15-9)12(17)14(19-3)13(18-2)11(8)16/h9,15H,4-7H2,1-3H3. The maximum atomic E-state index is 12.4. The van der Waals surface area contributed by atoms with E-state index in [1.54, 1.807) is 6.92 Å². The highest BCUT2D eigenvalue weighted by molar-refractivity contribution is 7.99. The van der Waals surface area contributed by atoms with Gasteiger partial charge in [0.15, 0.2) is 0 Å². The molecule has 1 heterocycles. The number of ketones is 2.